The largest absolute Gasteiger partial charge is 0.356 e. The van der Waals surface area contributed by atoms with Crippen molar-refractivity contribution in [1.29, 1.82) is 0 Å². The summed E-state index contributed by atoms with van der Waals surface area (Å²) in [6, 6.07) is 0. The fourth-order valence-corrected chi connectivity index (χ4v) is 2.63. The van der Waals surface area contributed by atoms with Crippen molar-refractivity contribution in [3.63, 3.8) is 0 Å². The minimum absolute atomic E-state index is 0.00115. The molecule has 0 spiro atoms. The summed E-state index contributed by atoms with van der Waals surface area (Å²) < 4.78 is 0. The molecule has 6 nitrogen and oxygen atoms in total. The maximum atomic E-state index is 11.8. The Morgan fingerprint density at radius 1 is 1.13 bits per heavy atom. The predicted octanol–water partition coefficient (Wildman–Crippen LogP) is 3.15. The number of hydrogen-bond acceptors (Lipinski definition) is 5. The van der Waals surface area contributed by atoms with Gasteiger partial charge in [-0.05, 0) is 12.8 Å². The molecule has 0 aliphatic heterocycles. The van der Waals surface area contributed by atoms with Gasteiger partial charge >= 0.3 is 0 Å². The molecule has 23 heavy (non-hydrogen) atoms. The van der Waals surface area contributed by atoms with Gasteiger partial charge < -0.3 is 10.6 Å². The molecule has 1 aromatic rings. The second kappa shape index (κ2) is 9.60. The SMILES string of the molecule is CCCCCc1nnc(NC(=O)CCCNC(=O)C(C)(C)C)s1. The molecular weight excluding hydrogens is 312 g/mol. The highest BCUT2D eigenvalue weighted by Crippen LogP contribution is 2.17. The van der Waals surface area contributed by atoms with Crippen molar-refractivity contribution in [1.82, 2.24) is 15.5 Å². The number of unbranched alkanes of at least 4 members (excludes halogenated alkanes) is 2. The minimum atomic E-state index is -0.400. The van der Waals surface area contributed by atoms with Crippen molar-refractivity contribution in [2.75, 3.05) is 11.9 Å². The summed E-state index contributed by atoms with van der Waals surface area (Å²) >= 11 is 1.44. The Balaban J connectivity index is 2.22. The zero-order valence-corrected chi connectivity index (χ0v) is 15.4. The number of carbonyl (C=O) groups is 2. The number of carbonyl (C=O) groups excluding carboxylic acids is 2. The molecule has 0 aliphatic carbocycles. The van der Waals surface area contributed by atoms with Crippen LogP contribution >= 0.6 is 11.3 Å². The normalized spacial score (nSPS) is 11.3. The minimum Gasteiger partial charge on any atom is -0.356 e. The number of nitrogens with one attached hydrogen (secondary N) is 2. The lowest BCUT2D eigenvalue weighted by atomic mass is 9.96. The highest BCUT2D eigenvalue weighted by Gasteiger charge is 2.20. The summed E-state index contributed by atoms with van der Waals surface area (Å²) in [7, 11) is 0. The lowest BCUT2D eigenvalue weighted by Crippen LogP contribution is -2.35. The third kappa shape index (κ3) is 8.06. The van der Waals surface area contributed by atoms with Crippen LogP contribution < -0.4 is 10.6 Å². The molecule has 0 radical (unpaired) electrons. The molecule has 1 rings (SSSR count). The Kier molecular flexibility index (Phi) is 8.16. The van der Waals surface area contributed by atoms with Gasteiger partial charge in [0.25, 0.3) is 0 Å². The molecule has 0 saturated heterocycles. The monoisotopic (exact) mass is 340 g/mol. The van der Waals surface area contributed by atoms with E-state index in [-0.39, 0.29) is 11.8 Å². The van der Waals surface area contributed by atoms with Gasteiger partial charge in [-0.25, -0.2) is 0 Å². The number of anilines is 1. The van der Waals surface area contributed by atoms with E-state index in [1.165, 1.54) is 24.2 Å². The first-order valence-corrected chi connectivity index (χ1v) is 9.05. The molecule has 2 amide bonds. The van der Waals surface area contributed by atoms with E-state index < -0.39 is 5.41 Å². The number of hydrogen-bond donors (Lipinski definition) is 2. The molecule has 0 atom stereocenters. The van der Waals surface area contributed by atoms with Crippen LogP contribution in [0.3, 0.4) is 0 Å². The molecule has 0 aromatic carbocycles. The quantitative estimate of drug-likeness (QED) is 0.676. The molecular formula is C16H28N4O2S. The summed E-state index contributed by atoms with van der Waals surface area (Å²) in [5, 5.41) is 15.2. The maximum absolute atomic E-state index is 11.8. The van der Waals surface area contributed by atoms with Crippen molar-refractivity contribution in [2.45, 2.75) is 66.2 Å². The van der Waals surface area contributed by atoms with Gasteiger partial charge in [0.1, 0.15) is 5.01 Å². The van der Waals surface area contributed by atoms with Crippen molar-refractivity contribution in [3.05, 3.63) is 5.01 Å². The van der Waals surface area contributed by atoms with Gasteiger partial charge in [-0.15, -0.1) is 10.2 Å². The average molecular weight is 340 g/mol. The van der Waals surface area contributed by atoms with Crippen LogP contribution in [0, 0.1) is 5.41 Å². The Morgan fingerprint density at radius 3 is 2.52 bits per heavy atom. The zero-order chi connectivity index (χ0) is 17.3. The predicted molar refractivity (Wildman–Crippen MR) is 93.5 cm³/mol. The van der Waals surface area contributed by atoms with Crippen LogP contribution in [-0.4, -0.2) is 28.6 Å². The summed E-state index contributed by atoms with van der Waals surface area (Å²) in [5.41, 5.74) is -0.400. The first kappa shape index (κ1) is 19.5. The van der Waals surface area contributed by atoms with Gasteiger partial charge in [0, 0.05) is 24.8 Å². The third-order valence-electron chi connectivity index (χ3n) is 3.25. The number of rotatable bonds is 9. The highest BCUT2D eigenvalue weighted by atomic mass is 32.1. The van der Waals surface area contributed by atoms with Crippen molar-refractivity contribution in [2.24, 2.45) is 5.41 Å². The molecule has 0 aliphatic rings. The van der Waals surface area contributed by atoms with Crippen LogP contribution in [0.4, 0.5) is 5.13 Å². The molecule has 0 fully saturated rings. The standard InChI is InChI=1S/C16H28N4O2S/c1-5-6-7-10-13-19-20-15(23-13)18-12(21)9-8-11-17-14(22)16(2,3)4/h5-11H2,1-4H3,(H,17,22)(H,18,20,21). The van der Waals surface area contributed by atoms with E-state index in [1.54, 1.807) is 0 Å². The Bertz CT molecular complexity index is 508. The first-order valence-electron chi connectivity index (χ1n) is 8.23. The first-order chi connectivity index (χ1) is 10.8. The smallest absolute Gasteiger partial charge is 0.226 e. The topological polar surface area (TPSA) is 84.0 Å². The fraction of sp³-hybridized carbons (Fsp3) is 0.750. The van der Waals surface area contributed by atoms with E-state index >= 15 is 0 Å². The summed E-state index contributed by atoms with van der Waals surface area (Å²) in [6.45, 7) is 8.26. The summed E-state index contributed by atoms with van der Waals surface area (Å²) in [6.07, 6.45) is 5.34. The van der Waals surface area contributed by atoms with E-state index in [0.717, 1.165) is 17.8 Å². The second-order valence-corrected chi connectivity index (χ2v) is 7.68. The highest BCUT2D eigenvalue weighted by molar-refractivity contribution is 7.15. The maximum Gasteiger partial charge on any atom is 0.226 e. The van der Waals surface area contributed by atoms with Crippen molar-refractivity contribution >= 4 is 28.3 Å². The molecule has 1 heterocycles. The Hall–Kier alpha value is -1.50. The van der Waals surface area contributed by atoms with Gasteiger partial charge in [-0.2, -0.15) is 0 Å². The lowest BCUT2D eigenvalue weighted by molar-refractivity contribution is -0.128. The number of aromatic nitrogens is 2. The molecule has 130 valence electrons. The van der Waals surface area contributed by atoms with Crippen LogP contribution in [-0.2, 0) is 16.0 Å². The van der Waals surface area contributed by atoms with Crippen LogP contribution in [0.1, 0.15) is 64.8 Å². The summed E-state index contributed by atoms with van der Waals surface area (Å²) in [4.78, 5) is 23.5. The van der Waals surface area contributed by atoms with Gasteiger partial charge in [0.15, 0.2) is 0 Å². The molecule has 0 bridgehead atoms. The van der Waals surface area contributed by atoms with Crippen LogP contribution in [0.2, 0.25) is 0 Å². The van der Waals surface area contributed by atoms with Gasteiger partial charge in [-0.1, -0.05) is 51.9 Å². The molecule has 2 N–H and O–H groups in total. The van der Waals surface area contributed by atoms with E-state index in [9.17, 15) is 9.59 Å². The fourth-order valence-electron chi connectivity index (χ4n) is 1.83. The molecule has 1 aromatic heterocycles. The zero-order valence-electron chi connectivity index (χ0n) is 14.6. The van der Waals surface area contributed by atoms with E-state index in [2.05, 4.69) is 27.8 Å². The van der Waals surface area contributed by atoms with Crippen LogP contribution in [0.25, 0.3) is 0 Å². The number of nitrogens with zero attached hydrogens (tertiary/aromatic N) is 2. The Labute approximate surface area is 142 Å². The molecule has 0 unspecified atom stereocenters. The lowest BCUT2D eigenvalue weighted by Gasteiger charge is -2.17. The summed E-state index contributed by atoms with van der Waals surface area (Å²) in [5.74, 6) is -0.0926. The third-order valence-corrected chi connectivity index (χ3v) is 4.15. The van der Waals surface area contributed by atoms with Crippen LogP contribution in [0.15, 0.2) is 0 Å². The second-order valence-electron chi connectivity index (χ2n) is 6.62. The van der Waals surface area contributed by atoms with E-state index in [0.29, 0.717) is 24.5 Å². The number of amides is 2. The van der Waals surface area contributed by atoms with Crippen molar-refractivity contribution in [3.8, 4) is 0 Å². The van der Waals surface area contributed by atoms with Crippen molar-refractivity contribution < 1.29 is 9.59 Å². The Morgan fingerprint density at radius 2 is 1.87 bits per heavy atom. The van der Waals surface area contributed by atoms with Gasteiger partial charge in [0.05, 0.1) is 0 Å². The van der Waals surface area contributed by atoms with E-state index in [4.69, 9.17) is 0 Å². The average Bonchev–Trinajstić information content (AvgIpc) is 2.90. The number of aryl methyl sites for hydroxylation is 1. The van der Waals surface area contributed by atoms with Crippen LogP contribution in [0.5, 0.6) is 0 Å². The van der Waals surface area contributed by atoms with Gasteiger partial charge in [0.2, 0.25) is 16.9 Å². The van der Waals surface area contributed by atoms with Gasteiger partial charge in [-0.3, -0.25) is 9.59 Å². The molecule has 7 heteroatoms. The van der Waals surface area contributed by atoms with E-state index in [1.807, 2.05) is 20.8 Å². The molecule has 0 saturated carbocycles.